The van der Waals surface area contributed by atoms with Gasteiger partial charge in [-0.05, 0) is 6.07 Å². The molecule has 0 bridgehead atoms. The van der Waals surface area contributed by atoms with Gasteiger partial charge in [-0.25, -0.2) is 4.57 Å². The van der Waals surface area contributed by atoms with Crippen molar-refractivity contribution in [2.75, 3.05) is 0 Å². The van der Waals surface area contributed by atoms with Gasteiger partial charge in [-0.15, -0.1) is 0 Å². The molecule has 2 rings (SSSR count). The second-order valence-electron chi connectivity index (χ2n) is 2.58. The molecule has 3 heteroatoms. The predicted molar refractivity (Wildman–Crippen MR) is 52.5 cm³/mol. The third-order valence-corrected chi connectivity index (χ3v) is 2.57. The summed E-state index contributed by atoms with van der Waals surface area (Å²) in [5.74, 6) is 0. The fraction of sp³-hybridized carbons (Fsp3) is 0.125. The highest BCUT2D eigenvalue weighted by Crippen LogP contribution is 2.14. The first kappa shape index (κ1) is 7.09. The molecule has 2 heterocycles. The topological polar surface area (TPSA) is 8.81 Å². The highest BCUT2D eigenvalue weighted by Gasteiger charge is 2.01. The molecule has 0 spiro atoms. The summed E-state index contributed by atoms with van der Waals surface area (Å²) in [6.07, 6.45) is 6.23. The Hall–Kier alpha value is -0.580. The zero-order valence-corrected chi connectivity index (χ0v) is 8.32. The van der Waals surface area contributed by atoms with Crippen molar-refractivity contribution in [3.05, 3.63) is 30.7 Å². The molecular weight excluding hydrogens is 251 g/mol. The number of rotatable bonds is 0. The van der Waals surface area contributed by atoms with Crippen LogP contribution in [0.1, 0.15) is 0 Å². The molecule has 0 amide bonds. The number of pyridine rings is 1. The van der Waals surface area contributed by atoms with Crippen molar-refractivity contribution in [2.45, 2.75) is 0 Å². The van der Waals surface area contributed by atoms with Crippen LogP contribution in [0.4, 0.5) is 0 Å². The molecule has 11 heavy (non-hydrogen) atoms. The number of aromatic nitrogens is 2. The molecule has 2 aromatic heterocycles. The van der Waals surface area contributed by atoms with E-state index in [-0.39, 0.29) is 0 Å². The Morgan fingerprint density at radius 3 is 3.09 bits per heavy atom. The first-order chi connectivity index (χ1) is 5.27. The quantitative estimate of drug-likeness (QED) is 0.502. The first-order valence-electron chi connectivity index (χ1n) is 3.40. The van der Waals surface area contributed by atoms with Gasteiger partial charge in [0, 0.05) is 17.6 Å². The van der Waals surface area contributed by atoms with E-state index in [1.807, 2.05) is 7.05 Å². The molecule has 0 saturated carbocycles. The van der Waals surface area contributed by atoms with Crippen LogP contribution >= 0.6 is 22.9 Å². The van der Waals surface area contributed by atoms with Gasteiger partial charge in [0.1, 0.15) is 12.6 Å². The van der Waals surface area contributed by atoms with Crippen LogP contribution in [-0.2, 0) is 7.05 Å². The lowest BCUT2D eigenvalue weighted by Crippen LogP contribution is -2.25. The maximum Gasteiger partial charge on any atom is 0.193 e. The summed E-state index contributed by atoms with van der Waals surface area (Å²) in [7, 11) is 2.03. The second kappa shape index (κ2) is 2.48. The molecule has 0 radical (unpaired) electrons. The molecule has 0 atom stereocenters. The van der Waals surface area contributed by atoms with Crippen LogP contribution in [0.3, 0.4) is 0 Å². The van der Waals surface area contributed by atoms with Gasteiger partial charge in [0.2, 0.25) is 0 Å². The van der Waals surface area contributed by atoms with Crippen molar-refractivity contribution in [3.8, 4) is 0 Å². The van der Waals surface area contributed by atoms with Gasteiger partial charge in [-0.1, -0.05) is 0 Å². The molecule has 2 aromatic rings. The Morgan fingerprint density at radius 1 is 1.45 bits per heavy atom. The van der Waals surface area contributed by atoms with Crippen LogP contribution < -0.4 is 4.57 Å². The maximum atomic E-state index is 2.27. The van der Waals surface area contributed by atoms with Crippen molar-refractivity contribution >= 4 is 33.8 Å². The minimum atomic E-state index is 1.26. The largest absolute Gasteiger partial charge is 0.284 e. The molecule has 0 saturated heterocycles. The average Bonchev–Trinajstić information content (AvgIpc) is 2.33. The third-order valence-electron chi connectivity index (χ3n) is 1.73. The second-order valence-corrected chi connectivity index (χ2v) is 3.62. The van der Waals surface area contributed by atoms with E-state index < -0.39 is 0 Å². The molecule has 2 nitrogen and oxygen atoms in total. The SMILES string of the molecule is C[n+]1ccc2ccn(I)c2c1. The van der Waals surface area contributed by atoms with E-state index in [1.165, 1.54) is 10.9 Å². The Labute approximate surface area is 78.9 Å². The lowest BCUT2D eigenvalue weighted by molar-refractivity contribution is -0.670. The van der Waals surface area contributed by atoms with Crippen molar-refractivity contribution in [2.24, 2.45) is 7.05 Å². The standard InChI is InChI=1S/C8H8IN2/c1-10-4-2-7-3-5-11(9)8(7)6-10/h2-6H,1H3/q+1. The highest BCUT2D eigenvalue weighted by molar-refractivity contribution is 14.1. The van der Waals surface area contributed by atoms with E-state index in [4.69, 9.17) is 0 Å². The van der Waals surface area contributed by atoms with Crippen LogP contribution in [0.5, 0.6) is 0 Å². The van der Waals surface area contributed by atoms with Gasteiger partial charge < -0.3 is 0 Å². The molecule has 0 unspecified atom stereocenters. The first-order valence-corrected chi connectivity index (χ1v) is 4.36. The fourth-order valence-electron chi connectivity index (χ4n) is 1.14. The maximum absolute atomic E-state index is 2.27. The summed E-state index contributed by atoms with van der Waals surface area (Å²) in [5, 5.41) is 1.29. The van der Waals surface area contributed by atoms with Gasteiger partial charge >= 0.3 is 0 Å². The number of halogens is 1. The van der Waals surface area contributed by atoms with Crippen LogP contribution in [0, 0.1) is 0 Å². The summed E-state index contributed by atoms with van der Waals surface area (Å²) in [5.41, 5.74) is 1.26. The van der Waals surface area contributed by atoms with Crippen LogP contribution in [-0.4, -0.2) is 2.78 Å². The van der Waals surface area contributed by atoms with E-state index in [0.29, 0.717) is 0 Å². The van der Waals surface area contributed by atoms with Crippen molar-refractivity contribution < 1.29 is 4.57 Å². The molecule has 0 aliphatic carbocycles. The Bertz CT molecular complexity index is 392. The van der Waals surface area contributed by atoms with Gasteiger partial charge in [-0.3, -0.25) is 2.78 Å². The number of hydrogen-bond donors (Lipinski definition) is 0. The predicted octanol–water partition coefficient (Wildman–Crippen LogP) is 1.66. The van der Waals surface area contributed by atoms with Crippen molar-refractivity contribution in [1.82, 2.24) is 2.78 Å². The monoisotopic (exact) mass is 259 g/mol. The molecule has 0 fully saturated rings. The molecule has 0 aromatic carbocycles. The van der Waals surface area contributed by atoms with E-state index >= 15 is 0 Å². The number of nitrogens with zero attached hydrogens (tertiary/aromatic N) is 2. The van der Waals surface area contributed by atoms with E-state index in [1.54, 1.807) is 0 Å². The Kier molecular flexibility index (Phi) is 1.60. The smallest absolute Gasteiger partial charge is 0.193 e. The lowest BCUT2D eigenvalue weighted by atomic mass is 10.3. The molecule has 0 N–H and O–H groups in total. The van der Waals surface area contributed by atoms with Crippen molar-refractivity contribution in [1.29, 1.82) is 0 Å². The average molecular weight is 259 g/mol. The van der Waals surface area contributed by atoms with Crippen LogP contribution in [0.25, 0.3) is 10.9 Å². The fourth-order valence-corrected chi connectivity index (χ4v) is 1.70. The van der Waals surface area contributed by atoms with E-state index in [0.717, 1.165) is 0 Å². The molecule has 0 aliphatic heterocycles. The lowest BCUT2D eigenvalue weighted by Gasteiger charge is -1.90. The van der Waals surface area contributed by atoms with Gasteiger partial charge in [0.15, 0.2) is 12.4 Å². The zero-order valence-electron chi connectivity index (χ0n) is 6.16. The number of fused-ring (bicyclic) bond motifs is 1. The summed E-state index contributed by atoms with van der Waals surface area (Å²) < 4.78 is 4.14. The van der Waals surface area contributed by atoms with Gasteiger partial charge in [-0.2, -0.15) is 0 Å². The van der Waals surface area contributed by atoms with Gasteiger partial charge in [0.25, 0.3) is 0 Å². The normalized spacial score (nSPS) is 10.7. The molecular formula is C8H8IN2+. The summed E-state index contributed by atoms with van der Waals surface area (Å²) in [6, 6.07) is 4.23. The summed E-state index contributed by atoms with van der Waals surface area (Å²) in [6.45, 7) is 0. The molecule has 0 aliphatic rings. The van der Waals surface area contributed by atoms with Gasteiger partial charge in [0.05, 0.1) is 22.9 Å². The minimum Gasteiger partial charge on any atom is -0.284 e. The number of aryl methyl sites for hydroxylation is 1. The third kappa shape index (κ3) is 1.13. The Balaban J connectivity index is 2.87. The Morgan fingerprint density at radius 2 is 2.27 bits per heavy atom. The zero-order chi connectivity index (χ0) is 7.84. The van der Waals surface area contributed by atoms with Crippen molar-refractivity contribution in [3.63, 3.8) is 0 Å². The van der Waals surface area contributed by atoms with E-state index in [2.05, 4.69) is 60.9 Å². The van der Waals surface area contributed by atoms with Crippen LogP contribution in [0.2, 0.25) is 0 Å². The number of hydrogen-bond acceptors (Lipinski definition) is 0. The summed E-state index contributed by atoms with van der Waals surface area (Å²) >= 11 is 2.27. The van der Waals surface area contributed by atoms with Crippen LogP contribution in [0.15, 0.2) is 30.7 Å². The minimum absolute atomic E-state index is 1.26. The highest BCUT2D eigenvalue weighted by atomic mass is 127. The summed E-state index contributed by atoms with van der Waals surface area (Å²) in [4.78, 5) is 0. The molecule has 56 valence electrons. The van der Waals surface area contributed by atoms with E-state index in [9.17, 15) is 0 Å².